The molecule has 1 aromatic heterocycles. The molecule has 0 amide bonds. The number of benzene rings is 1. The number of aryl methyl sites for hydroxylation is 1. The Morgan fingerprint density at radius 2 is 1.86 bits per heavy atom. The van der Waals surface area contributed by atoms with E-state index in [-0.39, 0.29) is 24.0 Å². The van der Waals surface area contributed by atoms with Gasteiger partial charge in [-0.2, -0.15) is 0 Å². The molecule has 2 N–H and O–H groups in total. The number of aliphatic imine (C=N–C) groups is 1. The average molecular weight is 431 g/mol. The molecular formula is C16H20ClIN4. The van der Waals surface area contributed by atoms with Crippen molar-refractivity contribution in [3.8, 4) is 0 Å². The van der Waals surface area contributed by atoms with Gasteiger partial charge in [0.2, 0.25) is 0 Å². The zero-order valence-corrected chi connectivity index (χ0v) is 15.7. The van der Waals surface area contributed by atoms with Gasteiger partial charge in [0.25, 0.3) is 0 Å². The minimum absolute atomic E-state index is 0. The zero-order chi connectivity index (χ0) is 15.1. The molecule has 2 aromatic rings. The molecule has 6 heteroatoms. The monoisotopic (exact) mass is 430 g/mol. The number of hydrogen-bond acceptors (Lipinski definition) is 2. The molecule has 0 saturated heterocycles. The van der Waals surface area contributed by atoms with Crippen LogP contribution in [0.1, 0.15) is 17.0 Å². The molecule has 0 aliphatic carbocycles. The lowest BCUT2D eigenvalue weighted by Crippen LogP contribution is -2.36. The lowest BCUT2D eigenvalue weighted by Gasteiger charge is -2.12. The van der Waals surface area contributed by atoms with E-state index in [1.807, 2.05) is 49.4 Å². The summed E-state index contributed by atoms with van der Waals surface area (Å²) >= 11 is 5.97. The van der Waals surface area contributed by atoms with Crippen LogP contribution in [-0.2, 0) is 13.1 Å². The number of hydrogen-bond donors (Lipinski definition) is 2. The minimum Gasteiger partial charge on any atom is -0.352 e. The predicted molar refractivity (Wildman–Crippen MR) is 103 cm³/mol. The van der Waals surface area contributed by atoms with Crippen molar-refractivity contribution in [2.24, 2.45) is 4.99 Å². The van der Waals surface area contributed by atoms with Crippen molar-refractivity contribution in [1.29, 1.82) is 0 Å². The van der Waals surface area contributed by atoms with E-state index in [0.29, 0.717) is 13.1 Å². The van der Waals surface area contributed by atoms with Crippen LogP contribution in [0.5, 0.6) is 0 Å². The Kier molecular flexibility index (Phi) is 8.19. The van der Waals surface area contributed by atoms with Gasteiger partial charge in [0.05, 0.1) is 12.2 Å². The highest BCUT2D eigenvalue weighted by atomic mass is 127. The van der Waals surface area contributed by atoms with Gasteiger partial charge in [0.1, 0.15) is 0 Å². The Morgan fingerprint density at radius 1 is 1.14 bits per heavy atom. The third-order valence-corrected chi connectivity index (χ3v) is 3.19. The van der Waals surface area contributed by atoms with Gasteiger partial charge in [0.15, 0.2) is 5.96 Å². The van der Waals surface area contributed by atoms with Crippen LogP contribution in [0.4, 0.5) is 0 Å². The molecule has 0 atom stereocenters. The lowest BCUT2D eigenvalue weighted by atomic mass is 10.2. The van der Waals surface area contributed by atoms with Crippen LogP contribution in [0.15, 0.2) is 47.5 Å². The fourth-order valence-corrected chi connectivity index (χ4v) is 2.14. The molecule has 0 bridgehead atoms. The maximum Gasteiger partial charge on any atom is 0.191 e. The summed E-state index contributed by atoms with van der Waals surface area (Å²) in [4.78, 5) is 8.64. The summed E-state index contributed by atoms with van der Waals surface area (Å²) in [5.74, 6) is 0.735. The minimum atomic E-state index is 0. The van der Waals surface area contributed by atoms with Crippen LogP contribution in [0, 0.1) is 6.92 Å². The summed E-state index contributed by atoms with van der Waals surface area (Å²) in [5.41, 5.74) is 3.11. The molecular weight excluding hydrogens is 411 g/mol. The molecule has 1 aromatic carbocycles. The average Bonchev–Trinajstić information content (AvgIpc) is 2.47. The summed E-state index contributed by atoms with van der Waals surface area (Å²) in [6.07, 6.45) is 0. The first-order valence-corrected chi connectivity index (χ1v) is 7.16. The first kappa shape index (κ1) is 18.7. The Hall–Kier alpha value is -1.34. The Bertz CT molecular complexity index is 580. The summed E-state index contributed by atoms with van der Waals surface area (Å²) in [6, 6.07) is 13.7. The lowest BCUT2D eigenvalue weighted by molar-refractivity contribution is 0.791. The Morgan fingerprint density at radius 3 is 2.55 bits per heavy atom. The largest absolute Gasteiger partial charge is 0.352 e. The van der Waals surface area contributed by atoms with Gasteiger partial charge in [-0.15, -0.1) is 24.0 Å². The van der Waals surface area contributed by atoms with E-state index in [1.54, 1.807) is 7.05 Å². The second kappa shape index (κ2) is 9.63. The highest BCUT2D eigenvalue weighted by molar-refractivity contribution is 14.0. The summed E-state index contributed by atoms with van der Waals surface area (Å²) in [5, 5.41) is 7.23. The van der Waals surface area contributed by atoms with Gasteiger partial charge in [0, 0.05) is 24.3 Å². The summed E-state index contributed by atoms with van der Waals surface area (Å²) < 4.78 is 0. The summed E-state index contributed by atoms with van der Waals surface area (Å²) in [7, 11) is 1.75. The molecule has 0 unspecified atom stereocenters. The third kappa shape index (κ3) is 6.19. The highest BCUT2D eigenvalue weighted by Gasteiger charge is 2.00. The van der Waals surface area contributed by atoms with Gasteiger partial charge in [-0.25, -0.2) is 0 Å². The van der Waals surface area contributed by atoms with E-state index in [9.17, 15) is 0 Å². The van der Waals surface area contributed by atoms with Crippen LogP contribution in [0.2, 0.25) is 5.02 Å². The fraction of sp³-hybridized carbons (Fsp3) is 0.250. The maximum absolute atomic E-state index is 5.97. The SMILES string of the molecule is CN=C(NCc1cccc(Cl)c1)NCc1cccc(C)n1.I. The van der Waals surface area contributed by atoms with Crippen molar-refractivity contribution in [1.82, 2.24) is 15.6 Å². The normalized spacial score (nSPS) is 10.8. The van der Waals surface area contributed by atoms with Crippen molar-refractivity contribution >= 4 is 41.5 Å². The molecule has 0 fully saturated rings. The number of nitrogens with zero attached hydrogens (tertiary/aromatic N) is 2. The van der Waals surface area contributed by atoms with Crippen LogP contribution in [-0.4, -0.2) is 18.0 Å². The maximum atomic E-state index is 5.97. The third-order valence-electron chi connectivity index (χ3n) is 2.96. The van der Waals surface area contributed by atoms with Gasteiger partial charge in [-0.3, -0.25) is 9.98 Å². The molecule has 0 spiro atoms. The molecule has 0 aliphatic heterocycles. The fourth-order valence-electron chi connectivity index (χ4n) is 1.93. The smallest absolute Gasteiger partial charge is 0.191 e. The number of halogens is 2. The Labute approximate surface area is 153 Å². The van der Waals surface area contributed by atoms with Gasteiger partial charge in [-0.05, 0) is 36.8 Å². The molecule has 0 aliphatic rings. The van der Waals surface area contributed by atoms with E-state index in [2.05, 4.69) is 20.6 Å². The number of pyridine rings is 1. The molecule has 0 radical (unpaired) electrons. The molecule has 4 nitrogen and oxygen atoms in total. The van der Waals surface area contributed by atoms with Crippen LogP contribution in [0.3, 0.4) is 0 Å². The van der Waals surface area contributed by atoms with E-state index >= 15 is 0 Å². The highest BCUT2D eigenvalue weighted by Crippen LogP contribution is 2.10. The molecule has 1 heterocycles. The first-order valence-electron chi connectivity index (χ1n) is 6.79. The van der Waals surface area contributed by atoms with Crippen molar-refractivity contribution in [3.05, 3.63) is 64.4 Å². The van der Waals surface area contributed by atoms with E-state index in [0.717, 1.165) is 27.9 Å². The second-order valence-corrected chi connectivity index (χ2v) is 5.12. The van der Waals surface area contributed by atoms with Crippen LogP contribution < -0.4 is 10.6 Å². The van der Waals surface area contributed by atoms with Gasteiger partial charge < -0.3 is 10.6 Å². The molecule has 22 heavy (non-hydrogen) atoms. The zero-order valence-electron chi connectivity index (χ0n) is 12.6. The van der Waals surface area contributed by atoms with Crippen LogP contribution >= 0.6 is 35.6 Å². The van der Waals surface area contributed by atoms with Gasteiger partial charge in [-0.1, -0.05) is 29.8 Å². The number of aromatic nitrogens is 1. The van der Waals surface area contributed by atoms with E-state index < -0.39 is 0 Å². The van der Waals surface area contributed by atoms with Crippen LogP contribution in [0.25, 0.3) is 0 Å². The molecule has 2 rings (SSSR count). The van der Waals surface area contributed by atoms with E-state index in [4.69, 9.17) is 11.6 Å². The van der Waals surface area contributed by atoms with E-state index in [1.165, 1.54) is 0 Å². The quantitative estimate of drug-likeness (QED) is 0.443. The Balaban J connectivity index is 0.00000242. The standard InChI is InChI=1S/C16H19ClN4.HI/c1-12-5-3-8-15(21-12)11-20-16(18-2)19-10-13-6-4-7-14(17)9-13;/h3-9H,10-11H2,1-2H3,(H2,18,19,20);1H. The summed E-state index contributed by atoms with van der Waals surface area (Å²) in [6.45, 7) is 3.29. The van der Waals surface area contributed by atoms with Crippen molar-refractivity contribution in [2.45, 2.75) is 20.0 Å². The topological polar surface area (TPSA) is 49.3 Å². The van der Waals surface area contributed by atoms with Crippen molar-refractivity contribution in [3.63, 3.8) is 0 Å². The van der Waals surface area contributed by atoms with Crippen molar-refractivity contribution in [2.75, 3.05) is 7.05 Å². The predicted octanol–water partition coefficient (Wildman–Crippen LogP) is 3.53. The molecule has 118 valence electrons. The number of rotatable bonds is 4. The molecule has 0 saturated carbocycles. The first-order chi connectivity index (χ1) is 10.2. The van der Waals surface area contributed by atoms with Crippen molar-refractivity contribution < 1.29 is 0 Å². The number of guanidine groups is 1. The number of nitrogens with one attached hydrogen (secondary N) is 2. The van der Waals surface area contributed by atoms with Gasteiger partial charge >= 0.3 is 0 Å². The second-order valence-electron chi connectivity index (χ2n) is 4.68.